The molecule has 0 aromatic heterocycles. The van der Waals surface area contributed by atoms with Gasteiger partial charge in [-0.1, -0.05) is 19.8 Å². The highest BCUT2D eigenvalue weighted by Crippen LogP contribution is 2.21. The molecule has 0 saturated heterocycles. The number of nitrogens with one attached hydrogen (secondary N) is 1. The molecule has 4 nitrogen and oxygen atoms in total. The predicted molar refractivity (Wildman–Crippen MR) is 73.9 cm³/mol. The molecule has 0 atom stereocenters. The Bertz CT molecular complexity index is 446. The van der Waals surface area contributed by atoms with E-state index in [1.165, 1.54) is 6.07 Å². The van der Waals surface area contributed by atoms with Gasteiger partial charge in [0.05, 0.1) is 5.56 Å². The van der Waals surface area contributed by atoms with Gasteiger partial charge in [-0.05, 0) is 40.5 Å². The van der Waals surface area contributed by atoms with E-state index in [9.17, 15) is 9.59 Å². The zero-order valence-electron chi connectivity index (χ0n) is 10.2. The average Bonchev–Trinajstić information content (AvgIpc) is 2.31. The molecule has 1 aromatic carbocycles. The van der Waals surface area contributed by atoms with E-state index in [0.717, 1.165) is 19.3 Å². The lowest BCUT2D eigenvalue weighted by Crippen LogP contribution is -2.11. The summed E-state index contributed by atoms with van der Waals surface area (Å²) in [6.45, 7) is 2.08. The lowest BCUT2D eigenvalue weighted by atomic mass is 10.2. The third-order valence-electron chi connectivity index (χ3n) is 2.49. The molecule has 0 spiro atoms. The van der Waals surface area contributed by atoms with Gasteiger partial charge in [-0.15, -0.1) is 0 Å². The Labute approximate surface area is 115 Å². The van der Waals surface area contributed by atoms with Gasteiger partial charge in [0.1, 0.15) is 0 Å². The number of rotatable bonds is 6. The number of amides is 1. The second-order valence-corrected chi connectivity index (χ2v) is 4.86. The fourth-order valence-electron chi connectivity index (χ4n) is 1.53. The second-order valence-electron chi connectivity index (χ2n) is 4.01. The molecular formula is C13H16BrNO3. The average molecular weight is 314 g/mol. The molecule has 5 heteroatoms. The summed E-state index contributed by atoms with van der Waals surface area (Å²) in [5.41, 5.74) is 0.651. The normalized spacial score (nSPS) is 10.1. The maximum absolute atomic E-state index is 11.6. The molecule has 1 rings (SSSR count). The number of carbonyl (C=O) groups is 2. The number of aromatic carboxylic acids is 1. The zero-order chi connectivity index (χ0) is 13.5. The Morgan fingerprint density at radius 2 is 2.06 bits per heavy atom. The fraction of sp³-hybridized carbons (Fsp3) is 0.385. The van der Waals surface area contributed by atoms with Crippen molar-refractivity contribution in [3.05, 3.63) is 28.2 Å². The van der Waals surface area contributed by atoms with Gasteiger partial charge in [-0.25, -0.2) is 4.79 Å². The van der Waals surface area contributed by atoms with Crippen molar-refractivity contribution < 1.29 is 14.7 Å². The number of hydrogen-bond acceptors (Lipinski definition) is 2. The van der Waals surface area contributed by atoms with Crippen LogP contribution in [0.3, 0.4) is 0 Å². The van der Waals surface area contributed by atoms with E-state index in [2.05, 4.69) is 28.2 Å². The van der Waals surface area contributed by atoms with Crippen LogP contribution in [0.2, 0.25) is 0 Å². The Balaban J connectivity index is 2.65. The first kappa shape index (κ1) is 14.7. The highest BCUT2D eigenvalue weighted by molar-refractivity contribution is 9.10. The summed E-state index contributed by atoms with van der Waals surface area (Å²) in [7, 11) is 0. The van der Waals surface area contributed by atoms with Gasteiger partial charge in [0.2, 0.25) is 5.91 Å². The highest BCUT2D eigenvalue weighted by Gasteiger charge is 2.10. The van der Waals surface area contributed by atoms with Crippen LogP contribution in [0.15, 0.2) is 22.7 Å². The van der Waals surface area contributed by atoms with Crippen LogP contribution in [-0.4, -0.2) is 17.0 Å². The number of halogens is 1. The lowest BCUT2D eigenvalue weighted by molar-refractivity contribution is -0.116. The molecule has 0 radical (unpaired) electrons. The van der Waals surface area contributed by atoms with E-state index in [4.69, 9.17) is 5.11 Å². The van der Waals surface area contributed by atoms with Gasteiger partial charge in [0.15, 0.2) is 0 Å². The van der Waals surface area contributed by atoms with Crippen LogP contribution in [0.25, 0.3) is 0 Å². The lowest BCUT2D eigenvalue weighted by Gasteiger charge is -2.07. The topological polar surface area (TPSA) is 66.4 Å². The Morgan fingerprint density at radius 1 is 1.33 bits per heavy atom. The second kappa shape index (κ2) is 7.16. The summed E-state index contributed by atoms with van der Waals surface area (Å²) in [5.74, 6) is -1.11. The van der Waals surface area contributed by atoms with Gasteiger partial charge in [0.25, 0.3) is 0 Å². The van der Waals surface area contributed by atoms with E-state index < -0.39 is 5.97 Å². The summed E-state index contributed by atoms with van der Waals surface area (Å²) >= 11 is 3.15. The first-order valence-corrected chi connectivity index (χ1v) is 6.66. The van der Waals surface area contributed by atoms with Gasteiger partial charge >= 0.3 is 5.97 Å². The summed E-state index contributed by atoms with van der Waals surface area (Å²) < 4.78 is 0.499. The van der Waals surface area contributed by atoms with E-state index >= 15 is 0 Å². The quantitative estimate of drug-likeness (QED) is 0.787. The molecule has 0 bridgehead atoms. The number of unbranched alkanes of at least 4 members (excludes halogenated alkanes) is 2. The van der Waals surface area contributed by atoms with Crippen LogP contribution in [0, 0.1) is 0 Å². The standard InChI is InChI=1S/C13H16BrNO3/c1-2-3-4-5-12(16)15-9-6-7-11(14)10(8-9)13(17)18/h6-8H,2-5H2,1H3,(H,15,16)(H,17,18). The summed E-state index contributed by atoms with van der Waals surface area (Å²) in [5, 5.41) is 11.7. The molecular weight excluding hydrogens is 298 g/mol. The third-order valence-corrected chi connectivity index (χ3v) is 3.18. The van der Waals surface area contributed by atoms with Crippen molar-refractivity contribution >= 4 is 33.5 Å². The maximum Gasteiger partial charge on any atom is 0.336 e. The number of anilines is 1. The van der Waals surface area contributed by atoms with Crippen molar-refractivity contribution in [3.8, 4) is 0 Å². The van der Waals surface area contributed by atoms with E-state index in [-0.39, 0.29) is 11.5 Å². The number of carboxylic acids is 1. The first-order chi connectivity index (χ1) is 8.54. The molecule has 1 amide bonds. The van der Waals surface area contributed by atoms with Crippen LogP contribution in [-0.2, 0) is 4.79 Å². The van der Waals surface area contributed by atoms with Crippen LogP contribution in [0.1, 0.15) is 43.0 Å². The molecule has 0 aliphatic rings. The minimum Gasteiger partial charge on any atom is -0.478 e. The number of benzene rings is 1. The zero-order valence-corrected chi connectivity index (χ0v) is 11.8. The van der Waals surface area contributed by atoms with Crippen LogP contribution in [0.4, 0.5) is 5.69 Å². The van der Waals surface area contributed by atoms with Crippen molar-refractivity contribution in [2.75, 3.05) is 5.32 Å². The Morgan fingerprint density at radius 3 is 2.67 bits per heavy atom. The third kappa shape index (κ3) is 4.49. The molecule has 0 fully saturated rings. The number of carbonyl (C=O) groups excluding carboxylic acids is 1. The largest absolute Gasteiger partial charge is 0.478 e. The Kier molecular flexibility index (Phi) is 5.85. The molecule has 18 heavy (non-hydrogen) atoms. The summed E-state index contributed by atoms with van der Waals surface area (Å²) in [6, 6.07) is 4.74. The Hall–Kier alpha value is -1.36. The SMILES string of the molecule is CCCCCC(=O)Nc1ccc(Br)c(C(=O)O)c1. The molecule has 0 aliphatic heterocycles. The maximum atomic E-state index is 11.6. The van der Waals surface area contributed by atoms with Gasteiger partial charge < -0.3 is 10.4 Å². The molecule has 98 valence electrons. The monoisotopic (exact) mass is 313 g/mol. The molecule has 0 unspecified atom stereocenters. The van der Waals surface area contributed by atoms with Gasteiger partial charge in [0, 0.05) is 16.6 Å². The highest BCUT2D eigenvalue weighted by atomic mass is 79.9. The van der Waals surface area contributed by atoms with E-state index in [1.807, 2.05) is 0 Å². The predicted octanol–water partition coefficient (Wildman–Crippen LogP) is 3.67. The molecule has 0 heterocycles. The van der Waals surface area contributed by atoms with Crippen LogP contribution >= 0.6 is 15.9 Å². The van der Waals surface area contributed by atoms with Gasteiger partial charge in [-0.3, -0.25) is 4.79 Å². The summed E-state index contributed by atoms with van der Waals surface area (Å²) in [4.78, 5) is 22.5. The van der Waals surface area contributed by atoms with Crippen molar-refractivity contribution in [3.63, 3.8) is 0 Å². The van der Waals surface area contributed by atoms with Crippen LogP contribution < -0.4 is 5.32 Å². The molecule has 1 aromatic rings. The minimum atomic E-state index is -1.02. The molecule has 2 N–H and O–H groups in total. The number of carboxylic acid groups (broad SMARTS) is 1. The fourth-order valence-corrected chi connectivity index (χ4v) is 1.94. The van der Waals surface area contributed by atoms with E-state index in [1.54, 1.807) is 12.1 Å². The molecule has 0 saturated carbocycles. The van der Waals surface area contributed by atoms with Crippen molar-refractivity contribution in [2.45, 2.75) is 32.6 Å². The van der Waals surface area contributed by atoms with Gasteiger partial charge in [-0.2, -0.15) is 0 Å². The number of hydrogen-bond donors (Lipinski definition) is 2. The smallest absolute Gasteiger partial charge is 0.336 e. The van der Waals surface area contributed by atoms with Crippen molar-refractivity contribution in [2.24, 2.45) is 0 Å². The van der Waals surface area contributed by atoms with Crippen molar-refractivity contribution in [1.29, 1.82) is 0 Å². The van der Waals surface area contributed by atoms with Crippen molar-refractivity contribution in [1.82, 2.24) is 0 Å². The molecule has 0 aliphatic carbocycles. The first-order valence-electron chi connectivity index (χ1n) is 5.87. The van der Waals surface area contributed by atoms with Crippen LogP contribution in [0.5, 0.6) is 0 Å². The minimum absolute atomic E-state index is 0.0814. The summed E-state index contributed by atoms with van der Waals surface area (Å²) in [6.07, 6.45) is 3.40. The van der Waals surface area contributed by atoms with E-state index in [0.29, 0.717) is 16.6 Å².